The minimum Gasteiger partial charge on any atom is -0.497 e. The minimum absolute atomic E-state index is 0.00843. The third-order valence-electron chi connectivity index (χ3n) is 5.27. The first-order valence-electron chi connectivity index (χ1n) is 9.53. The van der Waals surface area contributed by atoms with Crippen LogP contribution in [0.15, 0.2) is 47.4 Å². The first kappa shape index (κ1) is 22.4. The van der Waals surface area contributed by atoms with Crippen LogP contribution in [-0.4, -0.2) is 53.0 Å². The summed E-state index contributed by atoms with van der Waals surface area (Å²) in [6.07, 6.45) is 1.22. The number of hydrogen-bond acceptors (Lipinski definition) is 5. The number of ether oxygens (including phenoxy) is 2. The molecule has 1 saturated heterocycles. The number of piperidine rings is 1. The first-order chi connectivity index (χ1) is 14.3. The number of rotatable bonds is 6. The Bertz CT molecular complexity index is 1010. The molecule has 1 atom stereocenters. The van der Waals surface area contributed by atoms with Gasteiger partial charge in [-0.1, -0.05) is 11.6 Å². The molecule has 2 aromatic carbocycles. The van der Waals surface area contributed by atoms with Gasteiger partial charge < -0.3 is 14.4 Å². The number of halogens is 1. The Morgan fingerprint density at radius 3 is 2.47 bits per heavy atom. The molecule has 2 aromatic rings. The molecule has 162 valence electrons. The molecule has 0 aromatic heterocycles. The van der Waals surface area contributed by atoms with E-state index in [-0.39, 0.29) is 23.1 Å². The van der Waals surface area contributed by atoms with Gasteiger partial charge in [0, 0.05) is 30.8 Å². The first-order valence-corrected chi connectivity index (χ1v) is 11.3. The van der Waals surface area contributed by atoms with Crippen LogP contribution in [0.2, 0.25) is 5.02 Å². The molecule has 0 spiro atoms. The summed E-state index contributed by atoms with van der Waals surface area (Å²) in [6.45, 7) is 0.450. The van der Waals surface area contributed by atoms with E-state index >= 15 is 0 Å². The molecule has 0 bridgehead atoms. The van der Waals surface area contributed by atoms with E-state index in [0.29, 0.717) is 30.2 Å². The lowest BCUT2D eigenvalue weighted by Crippen LogP contribution is -2.46. The van der Waals surface area contributed by atoms with E-state index in [2.05, 4.69) is 0 Å². The van der Waals surface area contributed by atoms with Crippen LogP contribution in [-0.2, 0) is 14.8 Å². The van der Waals surface area contributed by atoms with E-state index in [4.69, 9.17) is 21.1 Å². The normalized spacial score (nSPS) is 17.4. The number of amides is 1. The second kappa shape index (κ2) is 9.24. The Hall–Kier alpha value is -2.29. The van der Waals surface area contributed by atoms with Crippen LogP contribution in [0.4, 0.5) is 5.69 Å². The Morgan fingerprint density at radius 1 is 1.13 bits per heavy atom. The van der Waals surface area contributed by atoms with Gasteiger partial charge in [0.1, 0.15) is 16.4 Å². The van der Waals surface area contributed by atoms with Gasteiger partial charge in [-0.3, -0.25) is 4.79 Å². The molecular weight excluding hydrogens is 428 g/mol. The van der Waals surface area contributed by atoms with E-state index in [1.165, 1.54) is 23.5 Å². The lowest BCUT2D eigenvalue weighted by molar-refractivity contribution is -0.123. The van der Waals surface area contributed by atoms with Crippen LogP contribution in [0.3, 0.4) is 0 Å². The van der Waals surface area contributed by atoms with Gasteiger partial charge in [-0.2, -0.15) is 4.31 Å². The van der Waals surface area contributed by atoms with Crippen molar-refractivity contribution in [1.29, 1.82) is 0 Å². The predicted molar refractivity (Wildman–Crippen MR) is 116 cm³/mol. The van der Waals surface area contributed by atoms with Gasteiger partial charge in [0.2, 0.25) is 15.9 Å². The summed E-state index contributed by atoms with van der Waals surface area (Å²) >= 11 is 6.02. The molecular formula is C21H25ClN2O5S. The minimum atomic E-state index is -3.86. The molecule has 3 rings (SSSR count). The molecule has 1 aliphatic rings. The SMILES string of the molecule is COc1ccc(N(C)C(=O)C2CCCN(S(=O)(=O)c3cc(Cl)ccc3OC)C2)cc1. The Balaban J connectivity index is 1.80. The Labute approximate surface area is 182 Å². The lowest BCUT2D eigenvalue weighted by Gasteiger charge is -2.33. The van der Waals surface area contributed by atoms with Crippen molar-refractivity contribution in [3.05, 3.63) is 47.5 Å². The summed E-state index contributed by atoms with van der Waals surface area (Å²) in [5.74, 6) is 0.358. The smallest absolute Gasteiger partial charge is 0.246 e. The lowest BCUT2D eigenvalue weighted by atomic mass is 9.98. The number of carbonyl (C=O) groups excluding carboxylic acids is 1. The number of benzene rings is 2. The van der Waals surface area contributed by atoms with Crippen LogP contribution in [0.25, 0.3) is 0 Å². The summed E-state index contributed by atoms with van der Waals surface area (Å²) in [6, 6.07) is 11.6. The molecule has 1 amide bonds. The van der Waals surface area contributed by atoms with E-state index in [1.807, 2.05) is 0 Å². The number of methoxy groups -OCH3 is 2. The summed E-state index contributed by atoms with van der Waals surface area (Å²) in [5.41, 5.74) is 0.720. The summed E-state index contributed by atoms with van der Waals surface area (Å²) in [4.78, 5) is 14.6. The maximum absolute atomic E-state index is 13.2. The molecule has 0 aliphatic carbocycles. The molecule has 0 saturated carbocycles. The number of nitrogens with zero attached hydrogens (tertiary/aromatic N) is 2. The quantitative estimate of drug-likeness (QED) is 0.671. The Kier molecular flexibility index (Phi) is 6.90. The van der Waals surface area contributed by atoms with E-state index < -0.39 is 15.9 Å². The highest BCUT2D eigenvalue weighted by Crippen LogP contribution is 2.32. The third kappa shape index (κ3) is 4.55. The molecule has 7 nitrogen and oxygen atoms in total. The molecule has 30 heavy (non-hydrogen) atoms. The second-order valence-electron chi connectivity index (χ2n) is 7.09. The zero-order valence-electron chi connectivity index (χ0n) is 17.2. The number of carbonyl (C=O) groups is 1. The van der Waals surface area contributed by atoms with Crippen LogP contribution >= 0.6 is 11.6 Å². The van der Waals surface area contributed by atoms with Crippen molar-refractivity contribution in [3.63, 3.8) is 0 Å². The van der Waals surface area contributed by atoms with Crippen molar-refractivity contribution in [2.45, 2.75) is 17.7 Å². The fourth-order valence-corrected chi connectivity index (χ4v) is 5.50. The average molecular weight is 453 g/mol. The van der Waals surface area contributed by atoms with E-state index in [1.54, 1.807) is 49.4 Å². The number of hydrogen-bond donors (Lipinski definition) is 0. The molecule has 0 N–H and O–H groups in total. The van der Waals surface area contributed by atoms with Crippen LogP contribution in [0, 0.1) is 5.92 Å². The monoisotopic (exact) mass is 452 g/mol. The molecule has 1 heterocycles. The number of anilines is 1. The van der Waals surface area contributed by atoms with Gasteiger partial charge in [-0.25, -0.2) is 8.42 Å². The van der Waals surface area contributed by atoms with Crippen molar-refractivity contribution >= 4 is 33.2 Å². The number of sulfonamides is 1. The van der Waals surface area contributed by atoms with Gasteiger partial charge in [0.15, 0.2) is 0 Å². The highest BCUT2D eigenvalue weighted by atomic mass is 35.5. The third-order valence-corrected chi connectivity index (χ3v) is 7.39. The molecule has 9 heteroatoms. The highest BCUT2D eigenvalue weighted by Gasteiger charge is 2.36. The van der Waals surface area contributed by atoms with Crippen LogP contribution < -0.4 is 14.4 Å². The molecule has 0 radical (unpaired) electrons. The summed E-state index contributed by atoms with van der Waals surface area (Å²) < 4.78 is 38.2. The standard InChI is InChI=1S/C21H25ClN2O5S/c1-23(17-7-9-18(28-2)10-8-17)21(25)15-5-4-12-24(14-15)30(26,27)20-13-16(22)6-11-19(20)29-3/h6-11,13,15H,4-5,12,14H2,1-3H3. The fraction of sp³-hybridized carbons (Fsp3) is 0.381. The Morgan fingerprint density at radius 2 is 1.83 bits per heavy atom. The topological polar surface area (TPSA) is 76.2 Å². The van der Waals surface area contributed by atoms with Crippen molar-refractivity contribution in [3.8, 4) is 11.5 Å². The van der Waals surface area contributed by atoms with Crippen LogP contribution in [0.1, 0.15) is 12.8 Å². The second-order valence-corrected chi connectivity index (χ2v) is 9.44. The van der Waals surface area contributed by atoms with Crippen molar-refractivity contribution < 1.29 is 22.7 Å². The fourth-order valence-electron chi connectivity index (χ4n) is 3.56. The molecule has 1 unspecified atom stereocenters. The molecule has 1 aliphatic heterocycles. The molecule has 1 fully saturated rings. The zero-order chi connectivity index (χ0) is 21.9. The summed E-state index contributed by atoms with van der Waals surface area (Å²) in [5, 5.41) is 0.304. The van der Waals surface area contributed by atoms with Gasteiger partial charge >= 0.3 is 0 Å². The average Bonchev–Trinajstić information content (AvgIpc) is 2.78. The largest absolute Gasteiger partial charge is 0.497 e. The zero-order valence-corrected chi connectivity index (χ0v) is 18.7. The van der Waals surface area contributed by atoms with Crippen LogP contribution in [0.5, 0.6) is 11.5 Å². The maximum atomic E-state index is 13.2. The van der Waals surface area contributed by atoms with Gasteiger partial charge in [0.25, 0.3) is 0 Å². The highest BCUT2D eigenvalue weighted by molar-refractivity contribution is 7.89. The van der Waals surface area contributed by atoms with Crippen molar-refractivity contribution in [2.75, 3.05) is 39.3 Å². The predicted octanol–water partition coefficient (Wildman–Crippen LogP) is 3.42. The van der Waals surface area contributed by atoms with Gasteiger partial charge in [-0.15, -0.1) is 0 Å². The maximum Gasteiger partial charge on any atom is 0.246 e. The van der Waals surface area contributed by atoms with E-state index in [0.717, 1.165) is 5.69 Å². The van der Waals surface area contributed by atoms with E-state index in [9.17, 15) is 13.2 Å². The van der Waals surface area contributed by atoms with Crippen molar-refractivity contribution in [1.82, 2.24) is 4.31 Å². The summed E-state index contributed by atoms with van der Waals surface area (Å²) in [7, 11) is 0.826. The van der Waals surface area contributed by atoms with Gasteiger partial charge in [0.05, 0.1) is 20.1 Å². The van der Waals surface area contributed by atoms with Gasteiger partial charge in [-0.05, 0) is 55.3 Å². The van der Waals surface area contributed by atoms with Crippen molar-refractivity contribution in [2.24, 2.45) is 5.92 Å².